The van der Waals surface area contributed by atoms with Crippen LogP contribution in [-0.2, 0) is 9.53 Å². The van der Waals surface area contributed by atoms with E-state index in [9.17, 15) is 9.18 Å². The number of hydrogen-bond acceptors (Lipinski definition) is 6. The number of carbonyl (C=O) groups excluding carboxylic acids is 1. The van der Waals surface area contributed by atoms with Crippen molar-refractivity contribution in [2.24, 2.45) is 11.8 Å². The van der Waals surface area contributed by atoms with Crippen LogP contribution in [0.2, 0.25) is 0 Å². The molecule has 1 aromatic heterocycles. The van der Waals surface area contributed by atoms with Gasteiger partial charge in [-0.1, -0.05) is 12.1 Å². The largest absolute Gasteiger partial charge is 0.494 e. The first kappa shape index (κ1) is 18.6. The molecule has 2 fully saturated rings. The van der Waals surface area contributed by atoms with Gasteiger partial charge in [0.25, 0.3) is 0 Å². The molecule has 1 aromatic carbocycles. The van der Waals surface area contributed by atoms with Crippen molar-refractivity contribution in [1.29, 1.82) is 0 Å². The zero-order valence-electron chi connectivity index (χ0n) is 15.9. The molecule has 0 N–H and O–H groups in total. The van der Waals surface area contributed by atoms with Gasteiger partial charge in [-0.3, -0.25) is 4.79 Å². The van der Waals surface area contributed by atoms with E-state index in [1.807, 2.05) is 11.0 Å². The maximum absolute atomic E-state index is 13.9. The fourth-order valence-electron chi connectivity index (χ4n) is 4.37. The number of anilines is 1. The molecule has 28 heavy (non-hydrogen) atoms. The summed E-state index contributed by atoms with van der Waals surface area (Å²) in [5.41, 5.74) is 0.814. The summed E-state index contributed by atoms with van der Waals surface area (Å²) in [7, 11) is 3.09. The summed E-state index contributed by atoms with van der Waals surface area (Å²) < 4.78 is 24.1. The zero-order valence-corrected chi connectivity index (χ0v) is 15.9. The van der Waals surface area contributed by atoms with E-state index in [2.05, 4.69) is 14.9 Å². The van der Waals surface area contributed by atoms with E-state index >= 15 is 0 Å². The van der Waals surface area contributed by atoms with Gasteiger partial charge in [-0.2, -0.15) is 0 Å². The van der Waals surface area contributed by atoms with Crippen LogP contribution < -0.4 is 9.64 Å². The molecule has 2 aromatic rings. The Morgan fingerprint density at radius 2 is 2.00 bits per heavy atom. The highest BCUT2D eigenvalue weighted by Crippen LogP contribution is 2.45. The number of rotatable bonds is 5. The van der Waals surface area contributed by atoms with Crippen molar-refractivity contribution in [3.8, 4) is 5.75 Å². The Morgan fingerprint density at radius 3 is 2.68 bits per heavy atom. The van der Waals surface area contributed by atoms with Gasteiger partial charge in [0.15, 0.2) is 5.75 Å². The molecule has 2 aliphatic heterocycles. The first-order valence-corrected chi connectivity index (χ1v) is 9.25. The summed E-state index contributed by atoms with van der Waals surface area (Å²) in [4.78, 5) is 25.3. The predicted molar refractivity (Wildman–Crippen MR) is 101 cm³/mol. The van der Waals surface area contributed by atoms with Crippen LogP contribution in [-0.4, -0.2) is 61.2 Å². The Kier molecular flexibility index (Phi) is 5.13. The number of nitrogens with zero attached hydrogens (tertiary/aromatic N) is 4. The van der Waals surface area contributed by atoms with Gasteiger partial charge in [0.2, 0.25) is 11.9 Å². The van der Waals surface area contributed by atoms with Crippen LogP contribution in [0.4, 0.5) is 10.3 Å². The molecule has 0 saturated carbocycles. The summed E-state index contributed by atoms with van der Waals surface area (Å²) >= 11 is 0. The SMILES string of the molecule is COCC(=O)N1C[C@H]2CN(c3ncc(OC)cn3)C[C@H]2[C@@H]1c1cccc(F)c1. The summed E-state index contributed by atoms with van der Waals surface area (Å²) in [6, 6.07) is 6.33. The van der Waals surface area contributed by atoms with Crippen LogP contribution in [0.1, 0.15) is 11.6 Å². The molecule has 3 atom stereocenters. The third-order valence-electron chi connectivity index (χ3n) is 5.58. The van der Waals surface area contributed by atoms with Crippen LogP contribution in [0.5, 0.6) is 5.75 Å². The van der Waals surface area contributed by atoms with E-state index in [4.69, 9.17) is 9.47 Å². The highest BCUT2D eigenvalue weighted by Gasteiger charge is 2.49. The fourth-order valence-corrected chi connectivity index (χ4v) is 4.37. The van der Waals surface area contributed by atoms with Crippen molar-refractivity contribution < 1.29 is 18.7 Å². The lowest BCUT2D eigenvalue weighted by Gasteiger charge is -2.30. The number of carbonyl (C=O) groups is 1. The molecule has 2 aliphatic rings. The summed E-state index contributed by atoms with van der Waals surface area (Å²) in [5, 5.41) is 0. The first-order chi connectivity index (χ1) is 13.6. The predicted octanol–water partition coefficient (Wildman–Crippen LogP) is 1.91. The number of ether oxygens (including phenoxy) is 2. The highest BCUT2D eigenvalue weighted by molar-refractivity contribution is 5.78. The molecular weight excluding hydrogens is 363 g/mol. The third-order valence-corrected chi connectivity index (χ3v) is 5.58. The third kappa shape index (κ3) is 3.40. The number of methoxy groups -OCH3 is 2. The number of likely N-dealkylation sites (tertiary alicyclic amines) is 1. The Bertz CT molecular complexity index is 848. The van der Waals surface area contributed by atoms with Gasteiger partial charge in [-0.15, -0.1) is 0 Å². The number of hydrogen-bond donors (Lipinski definition) is 0. The standard InChI is InChI=1S/C20H23FN4O3/c1-27-12-18(26)25-10-14-9-24(20-22-7-16(28-2)8-23-20)11-17(14)19(25)13-4-3-5-15(21)6-13/h3-8,14,17,19H,9-12H2,1-2H3/t14-,17-,19+/m1/s1. The average Bonchev–Trinajstić information content (AvgIpc) is 3.26. The van der Waals surface area contributed by atoms with Crippen molar-refractivity contribution in [3.05, 3.63) is 48.0 Å². The molecule has 8 heteroatoms. The number of amides is 1. The molecule has 2 saturated heterocycles. The smallest absolute Gasteiger partial charge is 0.249 e. The first-order valence-electron chi connectivity index (χ1n) is 9.25. The van der Waals surface area contributed by atoms with E-state index in [-0.39, 0.29) is 36.2 Å². The molecule has 0 radical (unpaired) electrons. The van der Waals surface area contributed by atoms with Crippen LogP contribution in [0.25, 0.3) is 0 Å². The van der Waals surface area contributed by atoms with Crippen LogP contribution in [0.3, 0.4) is 0 Å². The maximum Gasteiger partial charge on any atom is 0.249 e. The van der Waals surface area contributed by atoms with Crippen molar-refractivity contribution in [2.45, 2.75) is 6.04 Å². The minimum absolute atomic E-state index is 0.0244. The van der Waals surface area contributed by atoms with Crippen LogP contribution >= 0.6 is 0 Å². The summed E-state index contributed by atoms with van der Waals surface area (Å²) in [6.07, 6.45) is 3.30. The number of halogens is 1. The van der Waals surface area contributed by atoms with Crippen molar-refractivity contribution in [3.63, 3.8) is 0 Å². The molecule has 3 heterocycles. The monoisotopic (exact) mass is 386 g/mol. The van der Waals surface area contributed by atoms with Crippen LogP contribution in [0, 0.1) is 17.7 Å². The molecule has 0 unspecified atom stereocenters. The lowest BCUT2D eigenvalue weighted by Crippen LogP contribution is -2.37. The Balaban J connectivity index is 1.60. The summed E-state index contributed by atoms with van der Waals surface area (Å²) in [6.45, 7) is 2.09. The van der Waals surface area contributed by atoms with Gasteiger partial charge in [0.05, 0.1) is 25.5 Å². The molecule has 1 amide bonds. The fraction of sp³-hybridized carbons (Fsp3) is 0.450. The molecule has 0 spiro atoms. The normalized spacial score (nSPS) is 23.8. The van der Waals surface area contributed by atoms with Crippen molar-refractivity contribution >= 4 is 11.9 Å². The molecule has 148 valence electrons. The molecule has 0 aliphatic carbocycles. The maximum atomic E-state index is 13.9. The van der Waals surface area contributed by atoms with Gasteiger partial charge >= 0.3 is 0 Å². The average molecular weight is 386 g/mol. The lowest BCUT2D eigenvalue weighted by atomic mass is 9.89. The van der Waals surface area contributed by atoms with E-state index < -0.39 is 0 Å². The minimum atomic E-state index is -0.298. The zero-order chi connectivity index (χ0) is 19.7. The van der Waals surface area contributed by atoms with E-state index in [0.29, 0.717) is 24.8 Å². The van der Waals surface area contributed by atoms with E-state index in [1.54, 1.807) is 25.6 Å². The van der Waals surface area contributed by atoms with E-state index in [0.717, 1.165) is 12.1 Å². The second-order valence-corrected chi connectivity index (χ2v) is 7.23. The van der Waals surface area contributed by atoms with Gasteiger partial charge < -0.3 is 19.3 Å². The van der Waals surface area contributed by atoms with Gasteiger partial charge in [0, 0.05) is 38.6 Å². The van der Waals surface area contributed by atoms with E-state index in [1.165, 1.54) is 19.2 Å². The second-order valence-electron chi connectivity index (χ2n) is 7.23. The second kappa shape index (κ2) is 7.71. The van der Waals surface area contributed by atoms with Gasteiger partial charge in [-0.05, 0) is 17.7 Å². The quantitative estimate of drug-likeness (QED) is 0.782. The molecule has 7 nitrogen and oxygen atoms in total. The number of aromatic nitrogens is 2. The van der Waals surface area contributed by atoms with Crippen molar-refractivity contribution in [2.75, 3.05) is 45.4 Å². The van der Waals surface area contributed by atoms with Crippen molar-refractivity contribution in [1.82, 2.24) is 14.9 Å². The topological polar surface area (TPSA) is 67.8 Å². The minimum Gasteiger partial charge on any atom is -0.494 e. The highest BCUT2D eigenvalue weighted by atomic mass is 19.1. The summed E-state index contributed by atoms with van der Waals surface area (Å²) in [5.74, 6) is 1.32. The molecule has 0 bridgehead atoms. The molecule has 4 rings (SSSR count). The van der Waals surface area contributed by atoms with Gasteiger partial charge in [0.1, 0.15) is 12.4 Å². The molecular formula is C20H23FN4O3. The number of benzene rings is 1. The Morgan fingerprint density at radius 1 is 1.21 bits per heavy atom. The van der Waals surface area contributed by atoms with Crippen LogP contribution in [0.15, 0.2) is 36.7 Å². The number of fused-ring (bicyclic) bond motifs is 1. The lowest BCUT2D eigenvalue weighted by molar-refractivity contribution is -0.136. The van der Waals surface area contributed by atoms with Gasteiger partial charge in [-0.25, -0.2) is 14.4 Å². The Labute approximate surface area is 163 Å². The Hall–Kier alpha value is -2.74.